The molecule has 0 bridgehead atoms. The number of para-hydroxylation sites is 2. The molecule has 32 heavy (non-hydrogen) atoms. The molecule has 1 saturated heterocycles. The topological polar surface area (TPSA) is 86.3 Å². The van der Waals surface area contributed by atoms with Crippen molar-refractivity contribution in [2.45, 2.75) is 12.8 Å². The second kappa shape index (κ2) is 10.1. The molecule has 0 unspecified atom stereocenters. The molecule has 1 aliphatic carbocycles. The maximum absolute atomic E-state index is 11.6. The summed E-state index contributed by atoms with van der Waals surface area (Å²) in [7, 11) is 6.22. The van der Waals surface area contributed by atoms with Gasteiger partial charge in [-0.2, -0.15) is 0 Å². The van der Waals surface area contributed by atoms with Crippen molar-refractivity contribution in [3.63, 3.8) is 0 Å². The van der Waals surface area contributed by atoms with Crippen molar-refractivity contribution in [3.05, 3.63) is 48.6 Å². The van der Waals surface area contributed by atoms with E-state index in [1.54, 1.807) is 24.1 Å². The van der Waals surface area contributed by atoms with Gasteiger partial charge >= 0.3 is 0 Å². The van der Waals surface area contributed by atoms with Gasteiger partial charge in [0.05, 0.1) is 46.4 Å². The summed E-state index contributed by atoms with van der Waals surface area (Å²) in [4.78, 5) is 24.7. The predicted molar refractivity (Wildman–Crippen MR) is 122 cm³/mol. The van der Waals surface area contributed by atoms with Gasteiger partial charge in [0.25, 0.3) is 5.91 Å². The molecule has 2 fully saturated rings. The highest BCUT2D eigenvalue weighted by molar-refractivity contribution is 6.13. The van der Waals surface area contributed by atoms with E-state index in [2.05, 4.69) is 11.9 Å². The number of β-lactam (4-membered cyclic amide) rings is 1. The van der Waals surface area contributed by atoms with Gasteiger partial charge in [0.15, 0.2) is 11.5 Å². The molecule has 8 heteroatoms. The summed E-state index contributed by atoms with van der Waals surface area (Å²) in [5.41, 5.74) is 2.07. The SMILES string of the molecule is C=C1CN(c2cc(OC)c(OC)c(OC)c2)C1=O.COc1ccccc1NC(=O)C1CC1. The van der Waals surface area contributed by atoms with E-state index in [4.69, 9.17) is 18.9 Å². The number of hydrogen-bond donors (Lipinski definition) is 1. The molecule has 0 aromatic heterocycles. The average Bonchev–Trinajstić information content (AvgIpc) is 3.67. The highest BCUT2D eigenvalue weighted by Crippen LogP contribution is 2.42. The molecule has 170 valence electrons. The lowest BCUT2D eigenvalue weighted by atomic mass is 10.1. The number of nitrogens with one attached hydrogen (secondary N) is 1. The third-order valence-electron chi connectivity index (χ3n) is 5.17. The highest BCUT2D eigenvalue weighted by Gasteiger charge is 2.31. The quantitative estimate of drug-likeness (QED) is 0.522. The number of methoxy groups -OCH3 is 4. The Morgan fingerprint density at radius 2 is 1.56 bits per heavy atom. The summed E-state index contributed by atoms with van der Waals surface area (Å²) >= 11 is 0. The van der Waals surface area contributed by atoms with E-state index in [0.717, 1.165) is 18.5 Å². The summed E-state index contributed by atoms with van der Waals surface area (Å²) in [5, 5.41) is 2.86. The van der Waals surface area contributed by atoms with Crippen LogP contribution in [0.15, 0.2) is 48.6 Å². The first-order valence-corrected chi connectivity index (χ1v) is 10.2. The molecule has 4 rings (SSSR count). The number of nitrogens with zero attached hydrogens (tertiary/aromatic N) is 1. The zero-order valence-corrected chi connectivity index (χ0v) is 18.8. The van der Waals surface area contributed by atoms with Crippen molar-refractivity contribution in [2.75, 3.05) is 45.2 Å². The molecule has 2 aromatic carbocycles. The summed E-state index contributed by atoms with van der Waals surface area (Å²) < 4.78 is 20.8. The van der Waals surface area contributed by atoms with Crippen LogP contribution in [0.25, 0.3) is 0 Å². The number of benzene rings is 2. The number of carbonyl (C=O) groups is 2. The minimum atomic E-state index is -0.0794. The number of hydrogen-bond acceptors (Lipinski definition) is 6. The Labute approximate surface area is 187 Å². The normalized spacial score (nSPS) is 14.6. The molecule has 1 heterocycles. The fourth-order valence-corrected chi connectivity index (χ4v) is 3.19. The van der Waals surface area contributed by atoms with E-state index >= 15 is 0 Å². The van der Waals surface area contributed by atoms with Crippen LogP contribution >= 0.6 is 0 Å². The third-order valence-corrected chi connectivity index (χ3v) is 5.17. The molecular weight excluding hydrogens is 412 g/mol. The molecule has 2 aliphatic rings. The zero-order chi connectivity index (χ0) is 23.3. The van der Waals surface area contributed by atoms with Gasteiger partial charge in [-0.1, -0.05) is 18.7 Å². The molecular formula is C24H28N2O6. The predicted octanol–water partition coefficient (Wildman–Crippen LogP) is 3.66. The Hall–Kier alpha value is -3.68. The van der Waals surface area contributed by atoms with Crippen LogP contribution in [-0.2, 0) is 9.59 Å². The van der Waals surface area contributed by atoms with Gasteiger partial charge in [0, 0.05) is 23.6 Å². The maximum atomic E-state index is 11.6. The van der Waals surface area contributed by atoms with E-state index in [-0.39, 0.29) is 17.7 Å². The zero-order valence-electron chi connectivity index (χ0n) is 18.8. The second-order valence-corrected chi connectivity index (χ2v) is 7.34. The highest BCUT2D eigenvalue weighted by atomic mass is 16.5. The lowest BCUT2D eigenvalue weighted by Crippen LogP contribution is -2.45. The fraction of sp³-hybridized carbons (Fsp3) is 0.333. The van der Waals surface area contributed by atoms with Gasteiger partial charge in [-0.3, -0.25) is 9.59 Å². The minimum absolute atomic E-state index is 0.0794. The Bertz CT molecular complexity index is 990. The third kappa shape index (κ3) is 4.96. The molecule has 2 amide bonds. The van der Waals surface area contributed by atoms with Crippen LogP contribution in [0.3, 0.4) is 0 Å². The van der Waals surface area contributed by atoms with Gasteiger partial charge in [-0.25, -0.2) is 0 Å². The molecule has 0 spiro atoms. The monoisotopic (exact) mass is 440 g/mol. The van der Waals surface area contributed by atoms with Crippen LogP contribution in [0.4, 0.5) is 11.4 Å². The standard InChI is InChI=1S/C13H15NO4.C11H13NO2/c1-8-7-14(13(8)15)9-5-10(16-2)12(18-4)11(6-9)17-3;1-14-10-5-3-2-4-9(10)12-11(13)8-6-7-8/h5-6H,1,7H2,2-4H3;2-5,8H,6-7H2,1H3,(H,12,13). The Balaban J connectivity index is 0.000000186. The van der Waals surface area contributed by atoms with E-state index in [0.29, 0.717) is 40.8 Å². The van der Waals surface area contributed by atoms with Crippen LogP contribution in [-0.4, -0.2) is 46.8 Å². The molecule has 2 aromatic rings. The lowest BCUT2D eigenvalue weighted by Gasteiger charge is -2.33. The van der Waals surface area contributed by atoms with Crippen LogP contribution in [0.5, 0.6) is 23.0 Å². The van der Waals surface area contributed by atoms with Crippen LogP contribution in [0.2, 0.25) is 0 Å². The van der Waals surface area contributed by atoms with Gasteiger partial charge in [0.2, 0.25) is 11.7 Å². The van der Waals surface area contributed by atoms with Crippen LogP contribution in [0.1, 0.15) is 12.8 Å². The van der Waals surface area contributed by atoms with E-state index < -0.39 is 0 Å². The largest absolute Gasteiger partial charge is 0.495 e. The average molecular weight is 440 g/mol. The number of rotatable bonds is 7. The molecule has 1 aliphatic heterocycles. The van der Waals surface area contributed by atoms with Gasteiger partial charge in [-0.15, -0.1) is 0 Å². The van der Waals surface area contributed by atoms with Crippen LogP contribution in [0, 0.1) is 5.92 Å². The van der Waals surface area contributed by atoms with Crippen molar-refractivity contribution >= 4 is 23.2 Å². The summed E-state index contributed by atoms with van der Waals surface area (Å²) in [5.74, 6) is 2.52. The molecule has 8 nitrogen and oxygen atoms in total. The summed E-state index contributed by atoms with van der Waals surface area (Å²) in [6.45, 7) is 4.18. The molecule has 1 N–H and O–H groups in total. The first kappa shape index (κ1) is 23.0. The van der Waals surface area contributed by atoms with Crippen molar-refractivity contribution in [1.82, 2.24) is 0 Å². The Kier molecular flexibility index (Phi) is 7.25. The Morgan fingerprint density at radius 1 is 0.969 bits per heavy atom. The van der Waals surface area contributed by atoms with Crippen molar-refractivity contribution < 1.29 is 28.5 Å². The van der Waals surface area contributed by atoms with Crippen molar-refractivity contribution in [3.8, 4) is 23.0 Å². The van der Waals surface area contributed by atoms with Crippen LogP contribution < -0.4 is 29.2 Å². The summed E-state index contributed by atoms with van der Waals surface area (Å²) in [6.07, 6.45) is 2.03. The lowest BCUT2D eigenvalue weighted by molar-refractivity contribution is -0.118. The number of amides is 2. The maximum Gasteiger partial charge on any atom is 0.255 e. The van der Waals surface area contributed by atoms with Crippen molar-refractivity contribution in [1.29, 1.82) is 0 Å². The smallest absolute Gasteiger partial charge is 0.255 e. The second-order valence-electron chi connectivity index (χ2n) is 7.34. The first-order chi connectivity index (χ1) is 15.4. The van der Waals surface area contributed by atoms with Gasteiger partial charge in [0.1, 0.15) is 5.75 Å². The number of anilines is 2. The number of carbonyl (C=O) groups excluding carboxylic acids is 2. The summed E-state index contributed by atoms with van der Waals surface area (Å²) in [6, 6.07) is 10.9. The van der Waals surface area contributed by atoms with E-state index in [1.807, 2.05) is 24.3 Å². The van der Waals surface area contributed by atoms with E-state index in [9.17, 15) is 9.59 Å². The van der Waals surface area contributed by atoms with Gasteiger partial charge in [-0.05, 0) is 25.0 Å². The first-order valence-electron chi connectivity index (χ1n) is 10.2. The number of ether oxygens (including phenoxy) is 4. The molecule has 1 saturated carbocycles. The van der Waals surface area contributed by atoms with Crippen molar-refractivity contribution in [2.24, 2.45) is 5.92 Å². The van der Waals surface area contributed by atoms with Gasteiger partial charge < -0.3 is 29.2 Å². The minimum Gasteiger partial charge on any atom is -0.495 e. The fourth-order valence-electron chi connectivity index (χ4n) is 3.19. The molecule has 0 atom stereocenters. The molecule has 0 radical (unpaired) electrons. The Morgan fingerprint density at radius 3 is 2.03 bits per heavy atom. The van der Waals surface area contributed by atoms with E-state index in [1.165, 1.54) is 21.3 Å².